The number of carbonyl (C=O) groups excluding carboxylic acids is 1. The fourth-order valence-electron chi connectivity index (χ4n) is 2.03. The van der Waals surface area contributed by atoms with Gasteiger partial charge in [-0.05, 0) is 59.8 Å². The number of halogens is 2. The molecule has 0 N–H and O–H groups in total. The number of amides is 1. The molecule has 1 fully saturated rings. The molecule has 0 radical (unpaired) electrons. The maximum Gasteiger partial charge on any atom is 0.266 e. The van der Waals surface area contributed by atoms with Crippen LogP contribution in [0.25, 0.3) is 6.08 Å². The highest BCUT2D eigenvalue weighted by Gasteiger charge is 2.30. The van der Waals surface area contributed by atoms with Gasteiger partial charge in [0.05, 0.1) is 10.6 Å². The van der Waals surface area contributed by atoms with Crippen molar-refractivity contribution in [1.29, 1.82) is 0 Å². The largest absolute Gasteiger partial charge is 0.290 e. The second kappa shape index (κ2) is 6.91. The number of thioether (sulfide) groups is 1. The molecule has 0 aromatic heterocycles. The van der Waals surface area contributed by atoms with Gasteiger partial charge in [0, 0.05) is 16.5 Å². The molecular formula is C17H12BrClN2OS. The standard InChI is InChI=1S/C17H12BrClN2OS/c1-21-16(22)15(10-11-3-2-4-12(18)9-11)23-17(21)20-14-7-5-13(19)6-8-14/h2-10H,1H3/b15-10+,20-17?. The monoisotopic (exact) mass is 406 g/mol. The molecular weight excluding hydrogens is 396 g/mol. The molecule has 116 valence electrons. The lowest BCUT2D eigenvalue weighted by Crippen LogP contribution is -2.23. The van der Waals surface area contributed by atoms with E-state index >= 15 is 0 Å². The van der Waals surface area contributed by atoms with Crippen molar-refractivity contribution in [2.75, 3.05) is 7.05 Å². The van der Waals surface area contributed by atoms with Crippen LogP contribution < -0.4 is 0 Å². The topological polar surface area (TPSA) is 32.7 Å². The molecule has 0 aliphatic carbocycles. The van der Waals surface area contributed by atoms with Crippen LogP contribution in [0.15, 0.2) is 62.9 Å². The lowest BCUT2D eigenvalue weighted by Gasteiger charge is -2.07. The molecule has 1 aliphatic heterocycles. The summed E-state index contributed by atoms with van der Waals surface area (Å²) < 4.78 is 0.978. The minimum absolute atomic E-state index is 0.0531. The highest BCUT2D eigenvalue weighted by molar-refractivity contribution is 9.10. The zero-order valence-corrected chi connectivity index (χ0v) is 15.3. The van der Waals surface area contributed by atoms with E-state index in [0.717, 1.165) is 15.7 Å². The van der Waals surface area contributed by atoms with Gasteiger partial charge in [0.25, 0.3) is 5.91 Å². The van der Waals surface area contributed by atoms with Crippen molar-refractivity contribution in [3.8, 4) is 0 Å². The second-order valence-electron chi connectivity index (χ2n) is 4.90. The molecule has 2 aromatic carbocycles. The molecule has 23 heavy (non-hydrogen) atoms. The van der Waals surface area contributed by atoms with Gasteiger partial charge in [-0.3, -0.25) is 9.69 Å². The van der Waals surface area contributed by atoms with Crippen molar-refractivity contribution in [1.82, 2.24) is 4.90 Å². The van der Waals surface area contributed by atoms with Gasteiger partial charge in [-0.1, -0.05) is 39.7 Å². The van der Waals surface area contributed by atoms with Crippen molar-refractivity contribution in [2.45, 2.75) is 0 Å². The highest BCUT2D eigenvalue weighted by atomic mass is 79.9. The Hall–Kier alpha value is -1.56. The van der Waals surface area contributed by atoms with Crippen molar-refractivity contribution in [2.24, 2.45) is 4.99 Å². The van der Waals surface area contributed by atoms with Gasteiger partial charge in [0.15, 0.2) is 5.17 Å². The smallest absolute Gasteiger partial charge is 0.266 e. The summed E-state index contributed by atoms with van der Waals surface area (Å²) in [6, 6.07) is 15.0. The van der Waals surface area contributed by atoms with E-state index in [1.54, 1.807) is 24.1 Å². The van der Waals surface area contributed by atoms with Crippen LogP contribution in [-0.2, 0) is 4.79 Å². The molecule has 3 rings (SSSR count). The van der Waals surface area contributed by atoms with Crippen LogP contribution >= 0.6 is 39.3 Å². The molecule has 0 spiro atoms. The predicted molar refractivity (Wildman–Crippen MR) is 101 cm³/mol. The van der Waals surface area contributed by atoms with Gasteiger partial charge in [-0.15, -0.1) is 0 Å². The third kappa shape index (κ3) is 3.86. The summed E-state index contributed by atoms with van der Waals surface area (Å²) in [4.78, 5) is 19.1. The Labute approximate surface area is 152 Å². The lowest BCUT2D eigenvalue weighted by atomic mass is 10.2. The predicted octanol–water partition coefficient (Wildman–Crippen LogP) is 5.34. The summed E-state index contributed by atoms with van der Waals surface area (Å²) in [6.45, 7) is 0. The molecule has 0 unspecified atom stereocenters. The van der Waals surface area contributed by atoms with Gasteiger partial charge in [0.2, 0.25) is 0 Å². The second-order valence-corrected chi connectivity index (χ2v) is 7.26. The van der Waals surface area contributed by atoms with Crippen LogP contribution in [0, 0.1) is 0 Å². The minimum atomic E-state index is -0.0531. The molecule has 1 amide bonds. The summed E-state index contributed by atoms with van der Waals surface area (Å²) in [5, 5.41) is 1.31. The number of rotatable bonds is 2. The van der Waals surface area contributed by atoms with Crippen molar-refractivity contribution in [3.05, 3.63) is 68.5 Å². The summed E-state index contributed by atoms with van der Waals surface area (Å²) >= 11 is 10.7. The summed E-state index contributed by atoms with van der Waals surface area (Å²) in [5.74, 6) is -0.0531. The van der Waals surface area contributed by atoms with Gasteiger partial charge in [-0.2, -0.15) is 0 Å². The quantitative estimate of drug-likeness (QED) is 0.630. The molecule has 6 heteroatoms. The molecule has 0 atom stereocenters. The summed E-state index contributed by atoms with van der Waals surface area (Å²) in [7, 11) is 1.73. The molecule has 0 saturated carbocycles. The van der Waals surface area contributed by atoms with E-state index < -0.39 is 0 Å². The summed E-state index contributed by atoms with van der Waals surface area (Å²) in [6.07, 6.45) is 1.87. The Morgan fingerprint density at radius 3 is 2.65 bits per heavy atom. The first-order valence-electron chi connectivity index (χ1n) is 6.80. The molecule has 1 saturated heterocycles. The van der Waals surface area contributed by atoms with E-state index in [0.29, 0.717) is 15.1 Å². The first-order chi connectivity index (χ1) is 11.0. The number of aliphatic imine (C=N–C) groups is 1. The molecule has 3 nitrogen and oxygen atoms in total. The zero-order valence-electron chi connectivity index (χ0n) is 12.2. The van der Waals surface area contributed by atoms with E-state index in [1.807, 2.05) is 42.5 Å². The normalized spacial score (nSPS) is 18.2. The average Bonchev–Trinajstić information content (AvgIpc) is 2.78. The number of nitrogens with zero attached hydrogens (tertiary/aromatic N) is 2. The molecule has 1 heterocycles. The number of hydrogen-bond donors (Lipinski definition) is 0. The van der Waals surface area contributed by atoms with E-state index in [1.165, 1.54) is 11.8 Å². The third-order valence-corrected chi connectivity index (χ3v) is 5.01. The molecule has 0 bridgehead atoms. The Morgan fingerprint density at radius 2 is 1.96 bits per heavy atom. The first-order valence-corrected chi connectivity index (χ1v) is 8.79. The van der Waals surface area contributed by atoms with Gasteiger partial charge >= 0.3 is 0 Å². The SMILES string of the molecule is CN1C(=O)/C(=C\c2cccc(Br)c2)SC1=Nc1ccc(Cl)cc1. The van der Waals surface area contributed by atoms with Crippen molar-refractivity contribution >= 4 is 62.1 Å². The number of hydrogen-bond acceptors (Lipinski definition) is 3. The van der Waals surface area contributed by atoms with Crippen molar-refractivity contribution in [3.63, 3.8) is 0 Å². The number of likely N-dealkylation sites (N-methyl/N-ethyl adjacent to an activating group) is 1. The lowest BCUT2D eigenvalue weighted by molar-refractivity contribution is -0.121. The van der Waals surface area contributed by atoms with E-state index in [9.17, 15) is 4.79 Å². The van der Waals surface area contributed by atoms with Crippen LogP contribution in [0.2, 0.25) is 5.02 Å². The number of carbonyl (C=O) groups is 1. The first kappa shape index (κ1) is 16.3. The maximum absolute atomic E-state index is 12.4. The fourth-order valence-corrected chi connectivity index (χ4v) is 3.56. The van der Waals surface area contributed by atoms with Crippen LogP contribution in [0.1, 0.15) is 5.56 Å². The molecule has 1 aliphatic rings. The Bertz CT molecular complexity index is 818. The van der Waals surface area contributed by atoms with Crippen LogP contribution in [0.5, 0.6) is 0 Å². The summed E-state index contributed by atoms with van der Waals surface area (Å²) in [5.41, 5.74) is 1.73. The Morgan fingerprint density at radius 1 is 1.22 bits per heavy atom. The van der Waals surface area contributed by atoms with Crippen molar-refractivity contribution < 1.29 is 4.79 Å². The van der Waals surface area contributed by atoms with Gasteiger partial charge in [0.1, 0.15) is 0 Å². The van der Waals surface area contributed by atoms with Gasteiger partial charge < -0.3 is 0 Å². The molecule has 2 aromatic rings. The highest BCUT2D eigenvalue weighted by Crippen LogP contribution is 2.33. The fraction of sp³-hybridized carbons (Fsp3) is 0.0588. The minimum Gasteiger partial charge on any atom is -0.290 e. The Balaban J connectivity index is 1.89. The van der Waals surface area contributed by atoms with E-state index in [2.05, 4.69) is 20.9 Å². The number of benzene rings is 2. The van der Waals surface area contributed by atoms with Gasteiger partial charge in [-0.25, -0.2) is 4.99 Å². The van der Waals surface area contributed by atoms with E-state index in [4.69, 9.17) is 11.6 Å². The van der Waals surface area contributed by atoms with Crippen LogP contribution in [-0.4, -0.2) is 23.0 Å². The third-order valence-electron chi connectivity index (χ3n) is 3.20. The van der Waals surface area contributed by atoms with E-state index in [-0.39, 0.29) is 5.91 Å². The average molecular weight is 408 g/mol. The van der Waals surface area contributed by atoms with Crippen LogP contribution in [0.4, 0.5) is 5.69 Å². The zero-order chi connectivity index (χ0) is 16.4. The van der Waals surface area contributed by atoms with Crippen LogP contribution in [0.3, 0.4) is 0 Å². The Kier molecular flexibility index (Phi) is 4.90. The number of amidine groups is 1. The maximum atomic E-state index is 12.4.